The molecule has 2 heterocycles. The molecule has 0 radical (unpaired) electrons. The summed E-state index contributed by atoms with van der Waals surface area (Å²) in [5.74, 6) is 0.756. The summed E-state index contributed by atoms with van der Waals surface area (Å²) >= 11 is 6.07. The number of sulfonamides is 1. The SMILES string of the molecule is O=C(Nc1ccc(S(=O)(=O)N2CCC(c3nc4ccccc4[nH]3)CC2)cc1)c1ccccc1Cl. The first kappa shape index (κ1) is 22.6. The summed E-state index contributed by atoms with van der Waals surface area (Å²) in [6.07, 6.45) is 1.40. The number of aromatic amines is 1. The Kier molecular flexibility index (Phi) is 6.12. The van der Waals surface area contributed by atoms with Crippen molar-refractivity contribution < 1.29 is 13.2 Å². The number of piperidine rings is 1. The minimum atomic E-state index is -3.63. The van der Waals surface area contributed by atoms with Crippen molar-refractivity contribution in [2.75, 3.05) is 18.4 Å². The summed E-state index contributed by atoms with van der Waals surface area (Å²) in [6, 6.07) is 20.8. The summed E-state index contributed by atoms with van der Waals surface area (Å²) in [7, 11) is -3.63. The van der Waals surface area contributed by atoms with Crippen LogP contribution in [0.4, 0.5) is 5.69 Å². The molecule has 1 saturated heterocycles. The Hall–Kier alpha value is -3.20. The van der Waals surface area contributed by atoms with Gasteiger partial charge in [-0.15, -0.1) is 0 Å². The molecule has 1 aliphatic rings. The summed E-state index contributed by atoms with van der Waals surface area (Å²) in [4.78, 5) is 20.7. The van der Waals surface area contributed by atoms with E-state index in [0.29, 0.717) is 42.2 Å². The van der Waals surface area contributed by atoms with Crippen LogP contribution < -0.4 is 5.32 Å². The van der Waals surface area contributed by atoms with Gasteiger partial charge in [-0.3, -0.25) is 4.79 Å². The molecule has 1 aromatic heterocycles. The normalized spacial score (nSPS) is 15.4. The Labute approximate surface area is 202 Å². The number of imidazole rings is 1. The molecule has 4 aromatic rings. The maximum Gasteiger partial charge on any atom is 0.257 e. The largest absolute Gasteiger partial charge is 0.342 e. The second-order valence-corrected chi connectivity index (χ2v) is 10.6. The number of fused-ring (bicyclic) bond motifs is 1. The third-order valence-electron chi connectivity index (χ3n) is 6.12. The molecule has 3 aromatic carbocycles. The highest BCUT2D eigenvalue weighted by atomic mass is 35.5. The molecule has 0 aliphatic carbocycles. The molecule has 0 atom stereocenters. The number of carbonyl (C=O) groups is 1. The molecule has 34 heavy (non-hydrogen) atoms. The smallest absolute Gasteiger partial charge is 0.257 e. The minimum Gasteiger partial charge on any atom is -0.342 e. The van der Waals surface area contributed by atoms with Crippen LogP contribution in [-0.4, -0.2) is 41.7 Å². The summed E-state index contributed by atoms with van der Waals surface area (Å²) in [6.45, 7) is 0.851. The summed E-state index contributed by atoms with van der Waals surface area (Å²) in [5.41, 5.74) is 2.77. The van der Waals surface area contributed by atoms with E-state index < -0.39 is 10.0 Å². The molecule has 2 N–H and O–H groups in total. The van der Waals surface area contributed by atoms with Gasteiger partial charge in [-0.25, -0.2) is 13.4 Å². The van der Waals surface area contributed by atoms with E-state index in [0.717, 1.165) is 16.9 Å². The molecule has 5 rings (SSSR count). The Morgan fingerprint density at radius 3 is 2.35 bits per heavy atom. The van der Waals surface area contributed by atoms with Crippen LogP contribution in [-0.2, 0) is 10.0 Å². The Morgan fingerprint density at radius 2 is 1.65 bits per heavy atom. The topological polar surface area (TPSA) is 95.2 Å². The molecule has 0 bridgehead atoms. The van der Waals surface area contributed by atoms with Gasteiger partial charge in [0.05, 0.1) is 26.5 Å². The van der Waals surface area contributed by atoms with Crippen LogP contribution in [0.5, 0.6) is 0 Å². The van der Waals surface area contributed by atoms with Crippen LogP contribution in [0.2, 0.25) is 5.02 Å². The maximum absolute atomic E-state index is 13.2. The van der Waals surface area contributed by atoms with Crippen LogP contribution in [0.3, 0.4) is 0 Å². The van der Waals surface area contributed by atoms with E-state index in [2.05, 4.69) is 15.3 Å². The lowest BCUT2D eigenvalue weighted by Gasteiger charge is -2.30. The highest BCUT2D eigenvalue weighted by Gasteiger charge is 2.31. The number of aromatic nitrogens is 2. The van der Waals surface area contributed by atoms with E-state index in [1.807, 2.05) is 24.3 Å². The van der Waals surface area contributed by atoms with Crippen molar-refractivity contribution in [3.05, 3.63) is 89.2 Å². The highest BCUT2D eigenvalue weighted by Crippen LogP contribution is 2.30. The van der Waals surface area contributed by atoms with Crippen LogP contribution in [0.15, 0.2) is 77.7 Å². The average Bonchev–Trinajstić information content (AvgIpc) is 3.29. The van der Waals surface area contributed by atoms with Crippen molar-refractivity contribution in [3.63, 3.8) is 0 Å². The van der Waals surface area contributed by atoms with Gasteiger partial charge in [0, 0.05) is 24.7 Å². The molecule has 0 saturated carbocycles. The molecular weight excluding hydrogens is 472 g/mol. The van der Waals surface area contributed by atoms with Gasteiger partial charge in [-0.2, -0.15) is 4.31 Å². The van der Waals surface area contributed by atoms with Crippen molar-refractivity contribution in [2.24, 2.45) is 0 Å². The van der Waals surface area contributed by atoms with Crippen LogP contribution in [0, 0.1) is 0 Å². The van der Waals surface area contributed by atoms with Gasteiger partial charge in [0.15, 0.2) is 0 Å². The van der Waals surface area contributed by atoms with E-state index in [9.17, 15) is 13.2 Å². The van der Waals surface area contributed by atoms with E-state index >= 15 is 0 Å². The number of H-pyrrole nitrogens is 1. The monoisotopic (exact) mass is 494 g/mol. The predicted octanol–water partition coefficient (Wildman–Crippen LogP) is 5.04. The number of benzene rings is 3. The number of para-hydroxylation sites is 2. The van der Waals surface area contributed by atoms with Crippen LogP contribution in [0.1, 0.15) is 34.9 Å². The third kappa shape index (κ3) is 4.44. The first-order valence-corrected chi connectivity index (χ1v) is 12.8. The summed E-state index contributed by atoms with van der Waals surface area (Å²) in [5, 5.41) is 3.10. The van der Waals surface area contributed by atoms with Crippen molar-refractivity contribution >= 4 is 44.3 Å². The van der Waals surface area contributed by atoms with Gasteiger partial charge in [-0.05, 0) is 61.4 Å². The van der Waals surface area contributed by atoms with Gasteiger partial charge >= 0.3 is 0 Å². The number of hydrogen-bond donors (Lipinski definition) is 2. The molecule has 1 amide bonds. The van der Waals surface area contributed by atoms with Gasteiger partial charge in [0.2, 0.25) is 10.0 Å². The van der Waals surface area contributed by atoms with Crippen molar-refractivity contribution in [1.29, 1.82) is 0 Å². The molecule has 9 heteroatoms. The molecule has 0 unspecified atom stereocenters. The molecule has 7 nitrogen and oxygen atoms in total. The van der Waals surface area contributed by atoms with Crippen LogP contribution >= 0.6 is 11.6 Å². The average molecular weight is 495 g/mol. The van der Waals surface area contributed by atoms with Crippen LogP contribution in [0.25, 0.3) is 11.0 Å². The fourth-order valence-corrected chi connectivity index (χ4v) is 5.93. The van der Waals surface area contributed by atoms with Crippen molar-refractivity contribution in [1.82, 2.24) is 14.3 Å². The number of halogens is 1. The number of rotatable bonds is 5. The fraction of sp³-hybridized carbons (Fsp3) is 0.200. The van der Waals surface area contributed by atoms with Crippen molar-refractivity contribution in [2.45, 2.75) is 23.7 Å². The van der Waals surface area contributed by atoms with Gasteiger partial charge < -0.3 is 10.3 Å². The second-order valence-electron chi connectivity index (χ2n) is 8.28. The summed E-state index contributed by atoms with van der Waals surface area (Å²) < 4.78 is 27.9. The third-order valence-corrected chi connectivity index (χ3v) is 8.36. The zero-order valence-corrected chi connectivity index (χ0v) is 19.8. The number of carbonyl (C=O) groups excluding carboxylic acids is 1. The fourth-order valence-electron chi connectivity index (χ4n) is 4.24. The van der Waals surface area contributed by atoms with E-state index in [1.165, 1.54) is 16.4 Å². The number of hydrogen-bond acceptors (Lipinski definition) is 4. The molecule has 0 spiro atoms. The standard InChI is InChI=1S/C25H23ClN4O3S/c26-21-6-2-1-5-20(21)25(31)27-18-9-11-19(12-10-18)34(32,33)30-15-13-17(14-16-30)24-28-22-7-3-4-8-23(22)29-24/h1-12,17H,13-16H2,(H,27,31)(H,28,29). The number of nitrogens with zero attached hydrogens (tertiary/aromatic N) is 2. The van der Waals surface area contributed by atoms with E-state index in [1.54, 1.807) is 36.4 Å². The lowest BCUT2D eigenvalue weighted by molar-refractivity contribution is 0.102. The Morgan fingerprint density at radius 1 is 0.971 bits per heavy atom. The number of anilines is 1. The highest BCUT2D eigenvalue weighted by molar-refractivity contribution is 7.89. The van der Waals surface area contributed by atoms with Gasteiger partial charge in [0.1, 0.15) is 5.82 Å². The zero-order valence-electron chi connectivity index (χ0n) is 18.2. The number of amides is 1. The Bertz CT molecular complexity index is 1410. The van der Waals surface area contributed by atoms with Crippen molar-refractivity contribution in [3.8, 4) is 0 Å². The first-order chi connectivity index (χ1) is 16.4. The molecule has 1 aliphatic heterocycles. The molecule has 1 fully saturated rings. The number of nitrogens with one attached hydrogen (secondary N) is 2. The predicted molar refractivity (Wildman–Crippen MR) is 133 cm³/mol. The molecule has 174 valence electrons. The first-order valence-electron chi connectivity index (χ1n) is 11.0. The van der Waals surface area contributed by atoms with Gasteiger partial charge in [-0.1, -0.05) is 35.9 Å². The van der Waals surface area contributed by atoms with E-state index in [4.69, 9.17) is 11.6 Å². The zero-order chi connectivity index (χ0) is 23.7. The Balaban J connectivity index is 1.24. The maximum atomic E-state index is 13.2. The molecular formula is C25H23ClN4O3S. The lowest BCUT2D eigenvalue weighted by Crippen LogP contribution is -2.38. The minimum absolute atomic E-state index is 0.196. The van der Waals surface area contributed by atoms with E-state index in [-0.39, 0.29) is 16.7 Å². The second kappa shape index (κ2) is 9.21. The van der Waals surface area contributed by atoms with Gasteiger partial charge in [0.25, 0.3) is 5.91 Å². The quantitative estimate of drug-likeness (QED) is 0.406. The lowest BCUT2D eigenvalue weighted by atomic mass is 9.97.